The van der Waals surface area contributed by atoms with Crippen molar-refractivity contribution in [3.05, 3.63) is 21.6 Å². The molecule has 1 aliphatic heterocycles. The summed E-state index contributed by atoms with van der Waals surface area (Å²) in [4.78, 5) is 24.9. The third-order valence-corrected chi connectivity index (χ3v) is 2.80. The Balaban J connectivity index is 2.66. The van der Waals surface area contributed by atoms with Gasteiger partial charge in [0, 0.05) is 6.42 Å². The Hall–Kier alpha value is -1.92. The zero-order valence-electron chi connectivity index (χ0n) is 8.71. The van der Waals surface area contributed by atoms with Crippen LogP contribution in [0.5, 0.6) is 0 Å². The molecule has 0 aromatic carbocycles. The summed E-state index contributed by atoms with van der Waals surface area (Å²) in [6.45, 7) is 1.84. The summed E-state index contributed by atoms with van der Waals surface area (Å²) in [7, 11) is 0. The Morgan fingerprint density at radius 1 is 1.69 bits per heavy atom. The minimum atomic E-state index is -1.35. The standard InChI is InChI=1S/C9H11N3O4/c1-5-3-2-4-6-10-7(9(13)14)8(11(5)6)12(15)16/h5H,2-4H2,1H3,(H,13,14). The van der Waals surface area contributed by atoms with Crippen molar-refractivity contribution in [1.29, 1.82) is 0 Å². The Morgan fingerprint density at radius 3 is 2.94 bits per heavy atom. The van der Waals surface area contributed by atoms with Crippen molar-refractivity contribution >= 4 is 11.8 Å². The molecule has 0 radical (unpaired) electrons. The smallest absolute Gasteiger partial charge is 0.363 e. The summed E-state index contributed by atoms with van der Waals surface area (Å²) in [6, 6.07) is -0.0650. The Bertz CT molecular complexity index is 466. The van der Waals surface area contributed by atoms with Crippen LogP contribution in [-0.2, 0) is 6.42 Å². The Labute approximate surface area is 90.9 Å². The number of imidazole rings is 1. The maximum absolute atomic E-state index is 10.9. The molecule has 1 aromatic heterocycles. The highest BCUT2D eigenvalue weighted by Crippen LogP contribution is 2.32. The lowest BCUT2D eigenvalue weighted by Gasteiger charge is -2.16. The van der Waals surface area contributed by atoms with Crippen molar-refractivity contribution in [2.45, 2.75) is 32.2 Å². The fourth-order valence-corrected chi connectivity index (χ4v) is 2.11. The number of carboxylic acid groups (broad SMARTS) is 1. The van der Waals surface area contributed by atoms with Gasteiger partial charge in [-0.05, 0) is 24.7 Å². The van der Waals surface area contributed by atoms with Crippen molar-refractivity contribution in [3.8, 4) is 0 Å². The molecule has 16 heavy (non-hydrogen) atoms. The molecule has 2 rings (SSSR count). The van der Waals surface area contributed by atoms with Crippen LogP contribution in [0.4, 0.5) is 5.82 Å². The SMILES string of the molecule is CC1CCCc2nc(C(=O)O)c([N+](=O)[O-])n21. The van der Waals surface area contributed by atoms with E-state index in [4.69, 9.17) is 5.11 Å². The number of aryl methyl sites for hydroxylation is 1. The molecule has 86 valence electrons. The van der Waals surface area contributed by atoms with Crippen LogP contribution < -0.4 is 0 Å². The van der Waals surface area contributed by atoms with Crippen molar-refractivity contribution in [2.24, 2.45) is 0 Å². The van der Waals surface area contributed by atoms with E-state index in [1.54, 1.807) is 0 Å². The normalized spacial score (nSPS) is 19.2. The van der Waals surface area contributed by atoms with Gasteiger partial charge in [0.05, 0.1) is 0 Å². The lowest BCUT2D eigenvalue weighted by molar-refractivity contribution is -0.393. The van der Waals surface area contributed by atoms with Gasteiger partial charge in [0.2, 0.25) is 5.69 Å². The van der Waals surface area contributed by atoms with E-state index in [9.17, 15) is 14.9 Å². The molecule has 0 saturated heterocycles. The van der Waals surface area contributed by atoms with Gasteiger partial charge < -0.3 is 15.2 Å². The van der Waals surface area contributed by atoms with Gasteiger partial charge in [0.15, 0.2) is 5.82 Å². The Morgan fingerprint density at radius 2 is 2.38 bits per heavy atom. The number of hydrogen-bond acceptors (Lipinski definition) is 4. The fourth-order valence-electron chi connectivity index (χ4n) is 2.11. The molecule has 1 unspecified atom stereocenters. The van der Waals surface area contributed by atoms with Crippen LogP contribution in [0.15, 0.2) is 0 Å². The van der Waals surface area contributed by atoms with Gasteiger partial charge in [-0.25, -0.2) is 9.36 Å². The quantitative estimate of drug-likeness (QED) is 0.605. The number of fused-ring (bicyclic) bond motifs is 1. The topological polar surface area (TPSA) is 98.3 Å². The monoisotopic (exact) mass is 225 g/mol. The molecule has 0 fully saturated rings. The summed E-state index contributed by atoms with van der Waals surface area (Å²) in [5, 5.41) is 19.8. The third-order valence-electron chi connectivity index (χ3n) is 2.80. The van der Waals surface area contributed by atoms with Crippen LogP contribution in [-0.4, -0.2) is 25.6 Å². The second-order valence-electron chi connectivity index (χ2n) is 3.87. The van der Waals surface area contributed by atoms with E-state index in [0.717, 1.165) is 12.8 Å². The summed E-state index contributed by atoms with van der Waals surface area (Å²) in [5.41, 5.74) is -0.450. The molecular weight excluding hydrogens is 214 g/mol. The van der Waals surface area contributed by atoms with Gasteiger partial charge in [0.1, 0.15) is 6.04 Å². The molecule has 0 spiro atoms. The second kappa shape index (κ2) is 3.58. The molecule has 0 bridgehead atoms. The molecule has 7 heteroatoms. The highest BCUT2D eigenvalue weighted by molar-refractivity contribution is 5.89. The first-order valence-corrected chi connectivity index (χ1v) is 5.01. The number of hydrogen-bond donors (Lipinski definition) is 1. The molecule has 0 aliphatic carbocycles. The fraction of sp³-hybridized carbons (Fsp3) is 0.556. The molecule has 1 aliphatic rings. The number of nitro groups is 1. The van der Waals surface area contributed by atoms with E-state index in [-0.39, 0.29) is 6.04 Å². The predicted molar refractivity (Wildman–Crippen MR) is 53.5 cm³/mol. The average molecular weight is 225 g/mol. The largest absolute Gasteiger partial charge is 0.476 e. The first-order chi connectivity index (χ1) is 7.52. The first kappa shape index (κ1) is 10.6. The van der Waals surface area contributed by atoms with E-state index in [0.29, 0.717) is 12.2 Å². The molecule has 1 N–H and O–H groups in total. The van der Waals surface area contributed by atoms with E-state index in [1.807, 2.05) is 6.92 Å². The van der Waals surface area contributed by atoms with Crippen LogP contribution in [0.25, 0.3) is 0 Å². The molecule has 7 nitrogen and oxygen atoms in total. The van der Waals surface area contributed by atoms with Gasteiger partial charge in [-0.3, -0.25) is 0 Å². The van der Waals surface area contributed by atoms with Crippen molar-refractivity contribution in [3.63, 3.8) is 0 Å². The molecule has 0 saturated carbocycles. The minimum absolute atomic E-state index is 0.0650. The van der Waals surface area contributed by atoms with E-state index < -0.39 is 22.4 Å². The number of carboxylic acids is 1. The molecule has 2 heterocycles. The predicted octanol–water partition coefficient (Wildman–Crippen LogP) is 1.39. The van der Waals surface area contributed by atoms with Gasteiger partial charge in [-0.15, -0.1) is 0 Å². The Kier molecular flexibility index (Phi) is 2.37. The molecular formula is C9H11N3O4. The lowest BCUT2D eigenvalue weighted by atomic mass is 10.1. The highest BCUT2D eigenvalue weighted by atomic mass is 16.6. The van der Waals surface area contributed by atoms with Crippen molar-refractivity contribution in [2.75, 3.05) is 0 Å². The number of carbonyl (C=O) groups is 1. The van der Waals surface area contributed by atoms with Gasteiger partial charge in [0.25, 0.3) is 0 Å². The molecule has 1 aromatic rings. The van der Waals surface area contributed by atoms with Gasteiger partial charge in [-0.1, -0.05) is 0 Å². The van der Waals surface area contributed by atoms with Crippen LogP contribution >= 0.6 is 0 Å². The van der Waals surface area contributed by atoms with Crippen LogP contribution in [0, 0.1) is 10.1 Å². The first-order valence-electron chi connectivity index (χ1n) is 5.01. The van der Waals surface area contributed by atoms with Crippen molar-refractivity contribution < 1.29 is 14.8 Å². The van der Waals surface area contributed by atoms with Crippen molar-refractivity contribution in [1.82, 2.24) is 9.55 Å². The lowest BCUT2D eigenvalue weighted by Crippen LogP contribution is -2.17. The summed E-state index contributed by atoms with van der Waals surface area (Å²) >= 11 is 0. The number of aromatic carboxylic acids is 1. The van der Waals surface area contributed by atoms with Crippen LogP contribution in [0.2, 0.25) is 0 Å². The number of nitrogens with zero attached hydrogens (tertiary/aromatic N) is 3. The van der Waals surface area contributed by atoms with Gasteiger partial charge >= 0.3 is 11.8 Å². The maximum atomic E-state index is 10.9. The zero-order valence-corrected chi connectivity index (χ0v) is 8.71. The molecule has 1 atom stereocenters. The van der Waals surface area contributed by atoms with E-state index >= 15 is 0 Å². The second-order valence-corrected chi connectivity index (χ2v) is 3.87. The van der Waals surface area contributed by atoms with Crippen LogP contribution in [0.3, 0.4) is 0 Å². The summed E-state index contributed by atoms with van der Waals surface area (Å²) in [5.74, 6) is -1.24. The number of rotatable bonds is 2. The highest BCUT2D eigenvalue weighted by Gasteiger charge is 2.35. The third kappa shape index (κ3) is 1.44. The van der Waals surface area contributed by atoms with E-state index in [1.165, 1.54) is 4.57 Å². The van der Waals surface area contributed by atoms with Crippen LogP contribution in [0.1, 0.15) is 42.1 Å². The van der Waals surface area contributed by atoms with E-state index in [2.05, 4.69) is 4.98 Å². The summed E-state index contributed by atoms with van der Waals surface area (Å²) in [6.07, 6.45) is 2.29. The zero-order chi connectivity index (χ0) is 11.9. The summed E-state index contributed by atoms with van der Waals surface area (Å²) < 4.78 is 1.44. The minimum Gasteiger partial charge on any atom is -0.476 e. The maximum Gasteiger partial charge on any atom is 0.363 e. The van der Waals surface area contributed by atoms with Gasteiger partial charge in [-0.2, -0.15) is 4.98 Å². The number of aromatic nitrogens is 2. The average Bonchev–Trinajstić information content (AvgIpc) is 2.58. The molecule has 0 amide bonds.